The fourth-order valence-electron chi connectivity index (χ4n) is 3.46. The van der Waals surface area contributed by atoms with Crippen molar-refractivity contribution in [2.24, 2.45) is 0 Å². The molecule has 2 aromatic carbocycles. The van der Waals surface area contributed by atoms with Gasteiger partial charge in [0.2, 0.25) is 5.75 Å². The van der Waals surface area contributed by atoms with Gasteiger partial charge >= 0.3 is 6.18 Å². The number of hydrogen-bond donors (Lipinski definition) is 1. The van der Waals surface area contributed by atoms with E-state index in [1.54, 1.807) is 6.07 Å². The van der Waals surface area contributed by atoms with Gasteiger partial charge in [-0.15, -0.1) is 0 Å². The molecule has 38 heavy (non-hydrogen) atoms. The number of hydrogen-bond acceptors (Lipinski definition) is 7. The van der Waals surface area contributed by atoms with Crippen LogP contribution in [0.25, 0.3) is 11.1 Å². The van der Waals surface area contributed by atoms with Crippen molar-refractivity contribution in [1.82, 2.24) is 19.7 Å². The first-order chi connectivity index (χ1) is 18.0. The lowest BCUT2D eigenvalue weighted by Crippen LogP contribution is -2.27. The third kappa shape index (κ3) is 5.35. The molecule has 194 valence electrons. The number of rotatable bonds is 6. The Morgan fingerprint density at radius 2 is 1.92 bits per heavy atom. The second-order valence-electron chi connectivity index (χ2n) is 7.67. The highest BCUT2D eigenvalue weighted by atomic mass is 35.5. The van der Waals surface area contributed by atoms with E-state index in [0.29, 0.717) is 6.33 Å². The van der Waals surface area contributed by atoms with Crippen LogP contribution >= 0.6 is 11.6 Å². The van der Waals surface area contributed by atoms with Gasteiger partial charge in [0.1, 0.15) is 5.75 Å². The number of nitrogens with one attached hydrogen (secondary N) is 1. The Balaban J connectivity index is 1.78. The molecule has 0 aliphatic heterocycles. The van der Waals surface area contributed by atoms with Gasteiger partial charge in [-0.1, -0.05) is 23.7 Å². The number of aromatic nitrogens is 4. The van der Waals surface area contributed by atoms with E-state index < -0.39 is 41.1 Å². The Labute approximate surface area is 215 Å². The van der Waals surface area contributed by atoms with Gasteiger partial charge in [-0.2, -0.15) is 23.5 Å². The largest absolute Gasteiger partial charge is 0.494 e. The highest BCUT2D eigenvalue weighted by molar-refractivity contribution is 6.30. The molecule has 0 bridgehead atoms. The number of nitrogens with zero attached hydrogens (tertiary/aromatic N) is 4. The minimum atomic E-state index is -5.06. The molecule has 0 aliphatic carbocycles. The summed E-state index contributed by atoms with van der Waals surface area (Å²) in [6.07, 6.45) is -4.42. The Kier molecular flexibility index (Phi) is 7.18. The summed E-state index contributed by atoms with van der Waals surface area (Å²) >= 11 is 5.89. The molecule has 0 radical (unpaired) electrons. The van der Waals surface area contributed by atoms with Crippen LogP contribution in [0.5, 0.6) is 17.2 Å². The number of ether oxygens (including phenoxy) is 2. The Morgan fingerprint density at radius 3 is 2.61 bits per heavy atom. The van der Waals surface area contributed by atoms with Gasteiger partial charge in [-0.25, -0.2) is 14.5 Å². The second kappa shape index (κ2) is 10.3. The number of halogens is 5. The predicted molar refractivity (Wildman–Crippen MR) is 126 cm³/mol. The van der Waals surface area contributed by atoms with Crippen LogP contribution in [0.4, 0.5) is 17.6 Å². The van der Waals surface area contributed by atoms with Crippen LogP contribution in [0.3, 0.4) is 0 Å². The average Bonchev–Trinajstić information content (AvgIpc) is 2.86. The Morgan fingerprint density at radius 1 is 1.16 bits per heavy atom. The fourth-order valence-corrected chi connectivity index (χ4v) is 3.69. The number of methoxy groups -OCH3 is 1. The van der Waals surface area contributed by atoms with Gasteiger partial charge in [0, 0.05) is 10.6 Å². The minimum Gasteiger partial charge on any atom is -0.494 e. The molecule has 9 nitrogen and oxygen atoms in total. The molecular formula is C24H14ClF4N5O4. The van der Waals surface area contributed by atoms with Crippen molar-refractivity contribution in [3.8, 4) is 34.4 Å². The lowest BCUT2D eigenvalue weighted by molar-refractivity contribution is -0.142. The SMILES string of the molecule is COc1cccc(-c2cc(Cn3cnc(C(F)(F)F)c(Oc4cc(Cl)cc(C#N)c4)c3=O)n[nH]c2=O)c1F. The summed E-state index contributed by atoms with van der Waals surface area (Å²) in [6.45, 7) is -0.464. The second-order valence-corrected chi connectivity index (χ2v) is 8.10. The van der Waals surface area contributed by atoms with Crippen LogP contribution < -0.4 is 20.6 Å². The van der Waals surface area contributed by atoms with E-state index in [4.69, 9.17) is 26.3 Å². The van der Waals surface area contributed by atoms with E-state index in [-0.39, 0.29) is 38.9 Å². The first-order valence-corrected chi connectivity index (χ1v) is 10.9. The van der Waals surface area contributed by atoms with E-state index in [0.717, 1.165) is 16.7 Å². The third-order valence-corrected chi connectivity index (χ3v) is 5.37. The fraction of sp³-hybridized carbons (Fsp3) is 0.125. The lowest BCUT2D eigenvalue weighted by Gasteiger charge is -2.15. The first-order valence-electron chi connectivity index (χ1n) is 10.5. The highest BCUT2D eigenvalue weighted by Crippen LogP contribution is 2.35. The van der Waals surface area contributed by atoms with E-state index in [1.807, 2.05) is 0 Å². The molecule has 1 N–H and O–H groups in total. The number of nitriles is 1. The quantitative estimate of drug-likeness (QED) is 0.352. The zero-order valence-corrected chi connectivity index (χ0v) is 19.9. The number of aromatic amines is 1. The third-order valence-electron chi connectivity index (χ3n) is 5.15. The van der Waals surface area contributed by atoms with Crippen molar-refractivity contribution in [2.75, 3.05) is 7.11 Å². The average molecular weight is 548 g/mol. The molecule has 0 amide bonds. The minimum absolute atomic E-state index is 0.00781. The predicted octanol–water partition coefficient (Wildman–Crippen LogP) is 4.53. The zero-order chi connectivity index (χ0) is 27.6. The molecule has 0 saturated heterocycles. The number of alkyl halides is 3. The van der Waals surface area contributed by atoms with E-state index in [2.05, 4.69) is 15.2 Å². The van der Waals surface area contributed by atoms with E-state index in [1.165, 1.54) is 37.4 Å². The van der Waals surface area contributed by atoms with Crippen LogP contribution in [0.2, 0.25) is 5.02 Å². The van der Waals surface area contributed by atoms with Crippen LogP contribution in [0, 0.1) is 17.1 Å². The number of benzene rings is 2. The first kappa shape index (κ1) is 26.4. The van der Waals surface area contributed by atoms with Gasteiger partial charge in [-0.3, -0.25) is 14.2 Å². The molecule has 0 spiro atoms. The molecule has 14 heteroatoms. The Hall–Kier alpha value is -4.70. The summed E-state index contributed by atoms with van der Waals surface area (Å²) in [6, 6.07) is 10.6. The van der Waals surface area contributed by atoms with Crippen molar-refractivity contribution in [2.45, 2.75) is 12.7 Å². The molecule has 0 aliphatic rings. The van der Waals surface area contributed by atoms with Gasteiger partial charge in [0.05, 0.1) is 42.9 Å². The molecule has 2 heterocycles. The normalized spacial score (nSPS) is 11.2. The molecule has 4 aromatic rings. The molecule has 4 rings (SSSR count). The molecule has 0 saturated carbocycles. The molecular weight excluding hydrogens is 534 g/mol. The summed E-state index contributed by atoms with van der Waals surface area (Å²) < 4.78 is 66.5. The van der Waals surface area contributed by atoms with Gasteiger partial charge in [-0.05, 0) is 30.3 Å². The summed E-state index contributed by atoms with van der Waals surface area (Å²) in [5.74, 6) is -2.41. The van der Waals surface area contributed by atoms with Crippen molar-refractivity contribution >= 4 is 11.6 Å². The maximum atomic E-state index is 14.7. The van der Waals surface area contributed by atoms with Crippen molar-refractivity contribution in [3.05, 3.63) is 97.3 Å². The molecule has 2 aromatic heterocycles. The van der Waals surface area contributed by atoms with E-state index >= 15 is 0 Å². The smallest absolute Gasteiger partial charge is 0.437 e. The highest BCUT2D eigenvalue weighted by Gasteiger charge is 2.39. The van der Waals surface area contributed by atoms with Gasteiger partial charge < -0.3 is 9.47 Å². The summed E-state index contributed by atoms with van der Waals surface area (Å²) in [5, 5.41) is 15.0. The molecule has 0 fully saturated rings. The Bertz CT molecular complexity index is 1700. The van der Waals surface area contributed by atoms with Crippen molar-refractivity contribution < 1.29 is 27.0 Å². The topological polar surface area (TPSA) is 123 Å². The van der Waals surface area contributed by atoms with Crippen molar-refractivity contribution in [1.29, 1.82) is 5.26 Å². The molecule has 0 unspecified atom stereocenters. The maximum absolute atomic E-state index is 14.7. The van der Waals surface area contributed by atoms with E-state index in [9.17, 15) is 27.2 Å². The maximum Gasteiger partial charge on any atom is 0.437 e. The standard InChI is InChI=1S/C24H14ClF4N5O4/c1-37-18-4-2-3-16(19(18)26)17-8-14(32-33-22(17)35)10-34-11-31-21(24(27,28)29)20(23(34)36)38-15-6-12(9-30)5-13(25)7-15/h2-8,11H,10H2,1H3,(H,33,35). The summed E-state index contributed by atoms with van der Waals surface area (Å²) in [5.41, 5.74) is -3.90. The van der Waals surface area contributed by atoms with Crippen LogP contribution in [0.15, 0.2) is 58.4 Å². The van der Waals surface area contributed by atoms with Gasteiger partial charge in [0.25, 0.3) is 11.1 Å². The van der Waals surface area contributed by atoms with Crippen LogP contribution in [-0.2, 0) is 12.7 Å². The van der Waals surface area contributed by atoms with Crippen LogP contribution in [0.1, 0.15) is 17.0 Å². The summed E-state index contributed by atoms with van der Waals surface area (Å²) in [4.78, 5) is 28.8. The monoisotopic (exact) mass is 547 g/mol. The number of H-pyrrole nitrogens is 1. The lowest BCUT2D eigenvalue weighted by atomic mass is 10.1. The summed E-state index contributed by atoms with van der Waals surface area (Å²) in [7, 11) is 1.25. The zero-order valence-electron chi connectivity index (χ0n) is 19.1. The molecule has 0 atom stereocenters. The van der Waals surface area contributed by atoms with Crippen LogP contribution in [-0.4, -0.2) is 26.9 Å². The van der Waals surface area contributed by atoms with Gasteiger partial charge in [0.15, 0.2) is 17.3 Å². The van der Waals surface area contributed by atoms with Crippen molar-refractivity contribution in [3.63, 3.8) is 0 Å².